The average Bonchev–Trinajstić information content (AvgIpc) is 2.84. The van der Waals surface area contributed by atoms with Crippen molar-refractivity contribution in [2.45, 2.75) is 38.5 Å². The summed E-state index contributed by atoms with van der Waals surface area (Å²) in [6.45, 7) is 3.24. The highest BCUT2D eigenvalue weighted by molar-refractivity contribution is 6.33. The van der Waals surface area contributed by atoms with Crippen molar-refractivity contribution >= 4 is 23.1 Å². The number of hydrogen-bond donors (Lipinski definition) is 1. The second-order valence-corrected chi connectivity index (χ2v) is 9.05. The molecule has 180 valence electrons. The lowest BCUT2D eigenvalue weighted by atomic mass is 9.90. The summed E-state index contributed by atoms with van der Waals surface area (Å²) >= 11 is 6.11. The molecule has 0 spiro atoms. The maximum absolute atomic E-state index is 12.8. The molecule has 2 aromatic rings. The van der Waals surface area contributed by atoms with Crippen molar-refractivity contribution in [2.75, 3.05) is 46.7 Å². The van der Waals surface area contributed by atoms with Crippen molar-refractivity contribution in [1.29, 1.82) is 0 Å². The van der Waals surface area contributed by atoms with E-state index < -0.39 is 0 Å². The Balaban J connectivity index is 1.41. The van der Waals surface area contributed by atoms with Crippen LogP contribution in [0, 0.1) is 5.92 Å². The fourth-order valence-corrected chi connectivity index (χ4v) is 4.61. The summed E-state index contributed by atoms with van der Waals surface area (Å²) < 4.78 is 16.1. The SMILES string of the molecule is COc1cc(CCCN2CCC(CCC(=O)c3cc(Cl)c(N)cc3OC)CC2)cc(OC)c1. The van der Waals surface area contributed by atoms with E-state index in [0.717, 1.165) is 63.2 Å². The van der Waals surface area contributed by atoms with E-state index in [1.807, 2.05) is 6.07 Å². The molecule has 0 unspecified atom stereocenters. The first kappa shape index (κ1) is 25.2. The minimum absolute atomic E-state index is 0.0601. The molecule has 1 aliphatic heterocycles. The quantitative estimate of drug-likeness (QED) is 0.354. The van der Waals surface area contributed by atoms with E-state index in [2.05, 4.69) is 17.0 Å². The normalized spacial score (nSPS) is 14.8. The van der Waals surface area contributed by atoms with E-state index in [0.29, 0.717) is 34.4 Å². The van der Waals surface area contributed by atoms with Crippen LogP contribution in [0.2, 0.25) is 5.02 Å². The Bertz CT molecular complexity index is 920. The van der Waals surface area contributed by atoms with Gasteiger partial charge in [0, 0.05) is 18.6 Å². The van der Waals surface area contributed by atoms with Gasteiger partial charge in [0.25, 0.3) is 0 Å². The standard InChI is InChI=1S/C26H35ClN2O4/c1-31-20-13-19(14-21(15-20)32-2)5-4-10-29-11-8-18(9-12-29)6-7-25(30)22-16-23(27)24(28)17-26(22)33-3/h13-18H,4-12,28H2,1-3H3. The van der Waals surface area contributed by atoms with E-state index in [1.54, 1.807) is 33.5 Å². The van der Waals surface area contributed by atoms with Crippen LogP contribution in [-0.4, -0.2) is 51.6 Å². The third-order valence-electron chi connectivity index (χ3n) is 6.46. The molecule has 0 saturated carbocycles. The number of Topliss-reactive ketones (excluding diaryl/α,β-unsaturated/α-hetero) is 1. The van der Waals surface area contributed by atoms with Crippen LogP contribution in [0.1, 0.15) is 48.0 Å². The van der Waals surface area contributed by atoms with Gasteiger partial charge in [-0.3, -0.25) is 4.79 Å². The first-order valence-electron chi connectivity index (χ1n) is 11.5. The minimum Gasteiger partial charge on any atom is -0.497 e. The summed E-state index contributed by atoms with van der Waals surface area (Å²) in [4.78, 5) is 15.3. The average molecular weight is 475 g/mol. The molecule has 1 fully saturated rings. The summed E-state index contributed by atoms with van der Waals surface area (Å²) in [5.41, 5.74) is 7.99. The van der Waals surface area contributed by atoms with Crippen LogP contribution in [0.15, 0.2) is 30.3 Å². The molecule has 0 aliphatic carbocycles. The highest BCUT2D eigenvalue weighted by Crippen LogP contribution is 2.31. The van der Waals surface area contributed by atoms with Gasteiger partial charge in [0.2, 0.25) is 0 Å². The van der Waals surface area contributed by atoms with Gasteiger partial charge in [-0.1, -0.05) is 11.6 Å². The highest BCUT2D eigenvalue weighted by Gasteiger charge is 2.21. The summed E-state index contributed by atoms with van der Waals surface area (Å²) in [5, 5.41) is 0.389. The molecular weight excluding hydrogens is 440 g/mol. The number of carbonyl (C=O) groups is 1. The van der Waals surface area contributed by atoms with Gasteiger partial charge < -0.3 is 24.8 Å². The number of carbonyl (C=O) groups excluding carboxylic acids is 1. The van der Waals surface area contributed by atoms with Crippen molar-refractivity contribution in [3.05, 3.63) is 46.5 Å². The lowest BCUT2D eigenvalue weighted by Crippen LogP contribution is -2.34. The molecule has 1 heterocycles. The zero-order valence-corrected chi connectivity index (χ0v) is 20.6. The molecular formula is C26H35ClN2O4. The zero-order valence-electron chi connectivity index (χ0n) is 19.9. The van der Waals surface area contributed by atoms with Gasteiger partial charge in [0.1, 0.15) is 17.2 Å². The third-order valence-corrected chi connectivity index (χ3v) is 6.78. The van der Waals surface area contributed by atoms with Gasteiger partial charge in [-0.05, 0) is 81.4 Å². The van der Waals surface area contributed by atoms with Crippen molar-refractivity contribution in [3.63, 3.8) is 0 Å². The van der Waals surface area contributed by atoms with Gasteiger partial charge in [-0.15, -0.1) is 0 Å². The first-order valence-corrected chi connectivity index (χ1v) is 11.9. The predicted molar refractivity (Wildman–Crippen MR) is 133 cm³/mol. The molecule has 2 aromatic carbocycles. The van der Waals surface area contributed by atoms with Crippen molar-refractivity contribution < 1.29 is 19.0 Å². The van der Waals surface area contributed by atoms with Crippen LogP contribution >= 0.6 is 11.6 Å². The topological polar surface area (TPSA) is 74.0 Å². The molecule has 1 saturated heterocycles. The van der Waals surface area contributed by atoms with Gasteiger partial charge >= 0.3 is 0 Å². The number of anilines is 1. The number of likely N-dealkylation sites (tertiary alicyclic amines) is 1. The molecule has 3 rings (SSSR count). The Morgan fingerprint density at radius 2 is 1.70 bits per heavy atom. The number of benzene rings is 2. The lowest BCUT2D eigenvalue weighted by molar-refractivity contribution is 0.0959. The molecule has 0 atom stereocenters. The predicted octanol–water partition coefficient (Wildman–Crippen LogP) is 5.26. The maximum atomic E-state index is 12.8. The minimum atomic E-state index is 0.0601. The molecule has 0 bridgehead atoms. The van der Waals surface area contributed by atoms with Gasteiger partial charge in [0.05, 0.1) is 37.6 Å². The zero-order chi connectivity index (χ0) is 23.8. The van der Waals surface area contributed by atoms with E-state index in [4.69, 9.17) is 31.5 Å². The molecule has 7 heteroatoms. The Morgan fingerprint density at radius 1 is 1.03 bits per heavy atom. The summed E-state index contributed by atoms with van der Waals surface area (Å²) in [7, 11) is 4.90. The number of nitrogens with two attached hydrogens (primary N) is 1. The smallest absolute Gasteiger partial charge is 0.166 e. The molecule has 6 nitrogen and oxygen atoms in total. The van der Waals surface area contributed by atoms with Gasteiger partial charge in [-0.2, -0.15) is 0 Å². The van der Waals surface area contributed by atoms with Crippen LogP contribution in [-0.2, 0) is 6.42 Å². The second kappa shape index (κ2) is 12.1. The Hall–Kier alpha value is -2.44. The van der Waals surface area contributed by atoms with Crippen LogP contribution in [0.25, 0.3) is 0 Å². The second-order valence-electron chi connectivity index (χ2n) is 8.65. The highest BCUT2D eigenvalue weighted by atomic mass is 35.5. The summed E-state index contributed by atoms with van der Waals surface area (Å²) in [5.74, 6) is 2.79. The molecule has 0 amide bonds. The Kier molecular flexibility index (Phi) is 9.27. The number of hydrogen-bond acceptors (Lipinski definition) is 6. The van der Waals surface area contributed by atoms with E-state index in [1.165, 1.54) is 5.56 Å². The number of nitrogens with zero attached hydrogens (tertiary/aromatic N) is 1. The fraction of sp³-hybridized carbons (Fsp3) is 0.500. The third kappa shape index (κ3) is 7.02. The van der Waals surface area contributed by atoms with Gasteiger partial charge in [0.15, 0.2) is 5.78 Å². The number of rotatable bonds is 11. The lowest BCUT2D eigenvalue weighted by Gasteiger charge is -2.32. The van der Waals surface area contributed by atoms with Crippen molar-refractivity contribution in [1.82, 2.24) is 4.90 Å². The first-order chi connectivity index (χ1) is 15.9. The maximum Gasteiger partial charge on any atom is 0.166 e. The van der Waals surface area contributed by atoms with E-state index in [-0.39, 0.29) is 5.78 Å². The Labute approximate surface area is 201 Å². The van der Waals surface area contributed by atoms with Crippen LogP contribution in [0.4, 0.5) is 5.69 Å². The number of halogens is 1. The number of nitrogen functional groups attached to an aromatic ring is 1. The number of aryl methyl sites for hydroxylation is 1. The van der Waals surface area contributed by atoms with Crippen LogP contribution in [0.3, 0.4) is 0 Å². The van der Waals surface area contributed by atoms with Gasteiger partial charge in [-0.25, -0.2) is 0 Å². The number of methoxy groups -OCH3 is 3. The van der Waals surface area contributed by atoms with E-state index >= 15 is 0 Å². The Morgan fingerprint density at radius 3 is 2.30 bits per heavy atom. The van der Waals surface area contributed by atoms with E-state index in [9.17, 15) is 4.79 Å². The number of ether oxygens (including phenoxy) is 3. The molecule has 2 N–H and O–H groups in total. The number of piperidine rings is 1. The molecule has 0 aromatic heterocycles. The van der Waals surface area contributed by atoms with Crippen LogP contribution < -0.4 is 19.9 Å². The largest absolute Gasteiger partial charge is 0.497 e. The summed E-state index contributed by atoms with van der Waals surface area (Å²) in [6, 6.07) is 9.30. The van der Waals surface area contributed by atoms with Crippen LogP contribution in [0.5, 0.6) is 17.2 Å². The molecule has 1 aliphatic rings. The molecule has 33 heavy (non-hydrogen) atoms. The monoisotopic (exact) mass is 474 g/mol. The number of ketones is 1. The van der Waals surface area contributed by atoms with Crippen molar-refractivity contribution in [3.8, 4) is 17.2 Å². The van der Waals surface area contributed by atoms with Crippen molar-refractivity contribution in [2.24, 2.45) is 5.92 Å². The molecule has 0 radical (unpaired) electrons. The fourth-order valence-electron chi connectivity index (χ4n) is 4.44. The summed E-state index contributed by atoms with van der Waals surface area (Å²) in [6.07, 6.45) is 5.73.